The highest BCUT2D eigenvalue weighted by atomic mass is 16.5. The Labute approximate surface area is 152 Å². The van der Waals surface area contributed by atoms with Gasteiger partial charge in [-0.05, 0) is 23.3 Å². The van der Waals surface area contributed by atoms with Crippen molar-refractivity contribution in [1.82, 2.24) is 14.9 Å². The molecule has 0 unspecified atom stereocenters. The number of amides is 1. The number of methoxy groups -OCH3 is 2. The van der Waals surface area contributed by atoms with Gasteiger partial charge in [-0.25, -0.2) is 4.98 Å². The number of rotatable bonds is 7. The molecule has 0 aliphatic carbocycles. The second kappa shape index (κ2) is 8.20. The first-order valence-corrected chi connectivity index (χ1v) is 8.24. The lowest BCUT2D eigenvalue weighted by atomic mass is 10.1. The number of hydrogen-bond acceptors (Lipinski definition) is 4. The Hall–Kier alpha value is -3.28. The van der Waals surface area contributed by atoms with Gasteiger partial charge in [0.2, 0.25) is 0 Å². The summed E-state index contributed by atoms with van der Waals surface area (Å²) in [6.45, 7) is 1.21. The quantitative estimate of drug-likeness (QED) is 0.711. The van der Waals surface area contributed by atoms with E-state index in [1.54, 1.807) is 37.8 Å². The number of nitrogens with zero attached hydrogens (tertiary/aromatic N) is 2. The van der Waals surface area contributed by atoms with Crippen molar-refractivity contribution in [2.24, 2.45) is 0 Å². The molecule has 0 saturated carbocycles. The van der Waals surface area contributed by atoms with Crippen LogP contribution in [0.25, 0.3) is 0 Å². The van der Waals surface area contributed by atoms with E-state index >= 15 is 0 Å². The van der Waals surface area contributed by atoms with Gasteiger partial charge in [-0.3, -0.25) is 4.79 Å². The Kier molecular flexibility index (Phi) is 5.53. The van der Waals surface area contributed by atoms with Crippen LogP contribution in [0.5, 0.6) is 11.5 Å². The third-order valence-electron chi connectivity index (χ3n) is 4.05. The second-order valence-corrected chi connectivity index (χ2v) is 5.78. The van der Waals surface area contributed by atoms with Crippen molar-refractivity contribution in [3.63, 3.8) is 0 Å². The number of hydrogen-bond donors (Lipinski definition) is 1. The average molecular weight is 351 g/mol. The van der Waals surface area contributed by atoms with Crippen LogP contribution in [0.1, 0.15) is 21.5 Å². The maximum atomic E-state index is 12.5. The third kappa shape index (κ3) is 4.03. The van der Waals surface area contributed by atoms with Gasteiger partial charge in [-0.1, -0.05) is 30.3 Å². The van der Waals surface area contributed by atoms with Gasteiger partial charge in [-0.2, -0.15) is 0 Å². The molecule has 6 nitrogen and oxygen atoms in total. The van der Waals surface area contributed by atoms with Gasteiger partial charge in [0.1, 0.15) is 0 Å². The summed E-state index contributed by atoms with van der Waals surface area (Å²) >= 11 is 0. The molecule has 0 atom stereocenters. The molecule has 134 valence electrons. The molecule has 0 radical (unpaired) electrons. The molecule has 3 aromatic rings. The van der Waals surface area contributed by atoms with E-state index < -0.39 is 0 Å². The van der Waals surface area contributed by atoms with Crippen LogP contribution in [0.15, 0.2) is 61.2 Å². The fraction of sp³-hybridized carbons (Fsp3) is 0.200. The Balaban J connectivity index is 1.63. The Morgan fingerprint density at radius 3 is 2.50 bits per heavy atom. The molecular weight excluding hydrogens is 330 g/mol. The van der Waals surface area contributed by atoms with Crippen molar-refractivity contribution >= 4 is 5.91 Å². The number of nitrogens with one attached hydrogen (secondary N) is 1. The highest BCUT2D eigenvalue weighted by Gasteiger charge is 2.15. The van der Waals surface area contributed by atoms with E-state index in [0.717, 1.165) is 12.1 Å². The molecule has 6 heteroatoms. The molecule has 1 amide bonds. The minimum Gasteiger partial charge on any atom is -0.493 e. The van der Waals surface area contributed by atoms with Crippen molar-refractivity contribution in [3.05, 3.63) is 77.9 Å². The zero-order valence-corrected chi connectivity index (χ0v) is 14.8. The van der Waals surface area contributed by atoms with Crippen LogP contribution in [0.3, 0.4) is 0 Å². The van der Waals surface area contributed by atoms with Crippen molar-refractivity contribution in [3.8, 4) is 11.5 Å². The standard InChI is InChI=1S/C20H21N3O3/c1-25-18-5-3-4-17(19(18)26-2)20(24)22-12-15-6-8-16(9-7-15)13-23-11-10-21-14-23/h3-11,14H,12-13H2,1-2H3,(H,22,24). The minimum atomic E-state index is -0.205. The lowest BCUT2D eigenvalue weighted by Gasteiger charge is -2.12. The number of para-hydroxylation sites is 1. The van der Waals surface area contributed by atoms with E-state index in [2.05, 4.69) is 10.3 Å². The van der Waals surface area contributed by atoms with E-state index in [0.29, 0.717) is 23.6 Å². The summed E-state index contributed by atoms with van der Waals surface area (Å²) < 4.78 is 12.6. The summed E-state index contributed by atoms with van der Waals surface area (Å²) in [7, 11) is 3.07. The van der Waals surface area contributed by atoms with E-state index in [4.69, 9.17) is 9.47 Å². The normalized spacial score (nSPS) is 10.4. The van der Waals surface area contributed by atoms with Crippen LogP contribution in [-0.2, 0) is 13.1 Å². The highest BCUT2D eigenvalue weighted by molar-refractivity contribution is 5.97. The van der Waals surface area contributed by atoms with Crippen LogP contribution >= 0.6 is 0 Å². The number of imidazole rings is 1. The zero-order chi connectivity index (χ0) is 18.4. The summed E-state index contributed by atoms with van der Waals surface area (Å²) in [5.41, 5.74) is 2.64. The Morgan fingerprint density at radius 2 is 1.85 bits per heavy atom. The summed E-state index contributed by atoms with van der Waals surface area (Å²) in [5.74, 6) is 0.760. The largest absolute Gasteiger partial charge is 0.493 e. The molecular formula is C20H21N3O3. The van der Waals surface area contributed by atoms with Crippen LogP contribution in [0.4, 0.5) is 0 Å². The van der Waals surface area contributed by atoms with Crippen molar-refractivity contribution < 1.29 is 14.3 Å². The number of carbonyl (C=O) groups is 1. The molecule has 0 aliphatic rings. The summed E-state index contributed by atoms with van der Waals surface area (Å²) in [6.07, 6.45) is 5.47. The van der Waals surface area contributed by atoms with Crippen LogP contribution in [0, 0.1) is 0 Å². The first kappa shape index (κ1) is 17.5. The molecule has 0 bridgehead atoms. The van der Waals surface area contributed by atoms with E-state index in [1.807, 2.05) is 35.0 Å². The van der Waals surface area contributed by atoms with Crippen molar-refractivity contribution in [1.29, 1.82) is 0 Å². The van der Waals surface area contributed by atoms with Gasteiger partial charge in [0.05, 0.1) is 26.1 Å². The number of carbonyl (C=O) groups excluding carboxylic acids is 1. The van der Waals surface area contributed by atoms with Gasteiger partial charge >= 0.3 is 0 Å². The predicted molar refractivity (Wildman–Crippen MR) is 98.5 cm³/mol. The van der Waals surface area contributed by atoms with Crippen molar-refractivity contribution in [2.45, 2.75) is 13.1 Å². The fourth-order valence-electron chi connectivity index (χ4n) is 2.70. The first-order chi connectivity index (χ1) is 12.7. The molecule has 1 N–H and O–H groups in total. The van der Waals surface area contributed by atoms with Crippen LogP contribution in [-0.4, -0.2) is 29.7 Å². The van der Waals surface area contributed by atoms with Crippen LogP contribution < -0.4 is 14.8 Å². The lowest BCUT2D eigenvalue weighted by molar-refractivity contribution is 0.0947. The average Bonchev–Trinajstić information content (AvgIpc) is 3.19. The molecule has 0 saturated heterocycles. The maximum Gasteiger partial charge on any atom is 0.255 e. The van der Waals surface area contributed by atoms with Gasteiger partial charge in [-0.15, -0.1) is 0 Å². The molecule has 1 aromatic heterocycles. The fourth-order valence-corrected chi connectivity index (χ4v) is 2.70. The van der Waals surface area contributed by atoms with E-state index in [1.165, 1.54) is 12.7 Å². The molecule has 0 fully saturated rings. The molecule has 1 heterocycles. The van der Waals surface area contributed by atoms with Gasteiger partial charge in [0.15, 0.2) is 11.5 Å². The second-order valence-electron chi connectivity index (χ2n) is 5.78. The summed E-state index contributed by atoms with van der Waals surface area (Å²) in [5, 5.41) is 2.92. The van der Waals surface area contributed by atoms with Crippen molar-refractivity contribution in [2.75, 3.05) is 14.2 Å². The number of ether oxygens (including phenoxy) is 2. The highest BCUT2D eigenvalue weighted by Crippen LogP contribution is 2.30. The lowest BCUT2D eigenvalue weighted by Crippen LogP contribution is -2.23. The summed E-state index contributed by atoms with van der Waals surface area (Å²) in [4.78, 5) is 16.5. The zero-order valence-electron chi connectivity index (χ0n) is 14.8. The monoisotopic (exact) mass is 351 g/mol. The van der Waals surface area contributed by atoms with E-state index in [9.17, 15) is 4.79 Å². The predicted octanol–water partition coefficient (Wildman–Crippen LogP) is 2.88. The minimum absolute atomic E-state index is 0.205. The van der Waals surface area contributed by atoms with Gasteiger partial charge in [0, 0.05) is 25.5 Å². The smallest absolute Gasteiger partial charge is 0.255 e. The molecule has 0 aliphatic heterocycles. The molecule has 0 spiro atoms. The SMILES string of the molecule is COc1cccc(C(=O)NCc2ccc(Cn3ccnc3)cc2)c1OC. The first-order valence-electron chi connectivity index (χ1n) is 8.24. The Morgan fingerprint density at radius 1 is 1.08 bits per heavy atom. The number of aromatic nitrogens is 2. The van der Waals surface area contributed by atoms with Crippen LogP contribution in [0.2, 0.25) is 0 Å². The van der Waals surface area contributed by atoms with Gasteiger partial charge in [0.25, 0.3) is 5.91 Å². The Bertz CT molecular complexity index is 859. The molecule has 2 aromatic carbocycles. The van der Waals surface area contributed by atoms with Gasteiger partial charge < -0.3 is 19.4 Å². The molecule has 3 rings (SSSR count). The topological polar surface area (TPSA) is 65.4 Å². The van der Waals surface area contributed by atoms with E-state index in [-0.39, 0.29) is 5.91 Å². The molecule has 26 heavy (non-hydrogen) atoms. The maximum absolute atomic E-state index is 12.5. The number of benzene rings is 2. The third-order valence-corrected chi connectivity index (χ3v) is 4.05. The summed E-state index contributed by atoms with van der Waals surface area (Å²) in [6, 6.07) is 13.4.